The molecule has 0 bridgehead atoms. The van der Waals surface area contributed by atoms with Gasteiger partial charge in [-0.15, -0.1) is 11.3 Å². The summed E-state index contributed by atoms with van der Waals surface area (Å²) < 4.78 is 2.01. The largest absolute Gasteiger partial charge is 0.312 e. The summed E-state index contributed by atoms with van der Waals surface area (Å²) >= 11 is 1.82. The first-order valence-corrected chi connectivity index (χ1v) is 7.60. The van der Waals surface area contributed by atoms with Gasteiger partial charge in [-0.2, -0.15) is 0 Å². The lowest BCUT2D eigenvalue weighted by Crippen LogP contribution is -2.16. The summed E-state index contributed by atoms with van der Waals surface area (Å²) in [5.41, 5.74) is 2.45. The average molecular weight is 283 g/mol. The summed E-state index contributed by atoms with van der Waals surface area (Å²) in [7, 11) is 0. The summed E-state index contributed by atoms with van der Waals surface area (Å²) in [5.74, 6) is 0. The number of thiophene rings is 1. The third-order valence-corrected chi connectivity index (χ3v) is 4.13. The van der Waals surface area contributed by atoms with Crippen LogP contribution in [0.3, 0.4) is 0 Å². The van der Waals surface area contributed by atoms with Crippen LogP contribution < -0.4 is 5.32 Å². The standard InChI is InChI=1S/C16H17N3S/c1-2-16(20-11-1)7-8-17-12-14-3-5-15(6-4-14)19-10-9-18-13-19/h1-6,9-11,13,17H,7-8,12H2. The second-order valence-corrected chi connectivity index (χ2v) is 5.67. The van der Waals surface area contributed by atoms with E-state index in [9.17, 15) is 0 Å². The molecule has 3 nitrogen and oxygen atoms in total. The van der Waals surface area contributed by atoms with Crippen molar-refractivity contribution in [3.63, 3.8) is 0 Å². The van der Waals surface area contributed by atoms with Gasteiger partial charge in [-0.05, 0) is 35.6 Å². The zero-order valence-electron chi connectivity index (χ0n) is 11.2. The Kier molecular flexibility index (Phi) is 4.25. The lowest BCUT2D eigenvalue weighted by atomic mass is 10.2. The third-order valence-electron chi connectivity index (χ3n) is 3.20. The number of hydrogen-bond donors (Lipinski definition) is 1. The first kappa shape index (κ1) is 13.1. The number of rotatable bonds is 6. The van der Waals surface area contributed by atoms with E-state index in [-0.39, 0.29) is 0 Å². The van der Waals surface area contributed by atoms with Crippen molar-refractivity contribution >= 4 is 11.3 Å². The molecule has 20 heavy (non-hydrogen) atoms. The van der Waals surface area contributed by atoms with Gasteiger partial charge < -0.3 is 9.88 Å². The predicted molar refractivity (Wildman–Crippen MR) is 83.3 cm³/mol. The van der Waals surface area contributed by atoms with Crippen LogP contribution in [0.5, 0.6) is 0 Å². The van der Waals surface area contributed by atoms with Gasteiger partial charge >= 0.3 is 0 Å². The van der Waals surface area contributed by atoms with Crippen LogP contribution in [0.15, 0.2) is 60.5 Å². The lowest BCUT2D eigenvalue weighted by molar-refractivity contribution is 0.690. The summed E-state index contributed by atoms with van der Waals surface area (Å²) in [6, 6.07) is 12.9. The number of imidazole rings is 1. The van der Waals surface area contributed by atoms with Crippen molar-refractivity contribution in [2.24, 2.45) is 0 Å². The molecule has 3 aromatic rings. The fourth-order valence-electron chi connectivity index (χ4n) is 2.10. The molecular formula is C16H17N3S. The van der Waals surface area contributed by atoms with E-state index in [1.165, 1.54) is 10.4 Å². The van der Waals surface area contributed by atoms with Crippen LogP contribution in [0, 0.1) is 0 Å². The van der Waals surface area contributed by atoms with Gasteiger partial charge in [0.15, 0.2) is 0 Å². The number of nitrogens with one attached hydrogen (secondary N) is 1. The fraction of sp³-hybridized carbons (Fsp3) is 0.188. The van der Waals surface area contributed by atoms with Gasteiger partial charge in [0.25, 0.3) is 0 Å². The van der Waals surface area contributed by atoms with E-state index in [0.717, 1.165) is 25.2 Å². The molecule has 1 N–H and O–H groups in total. The molecule has 0 saturated carbocycles. The number of aromatic nitrogens is 2. The molecule has 0 amide bonds. The van der Waals surface area contributed by atoms with E-state index < -0.39 is 0 Å². The quantitative estimate of drug-likeness (QED) is 0.704. The molecule has 3 rings (SSSR count). The smallest absolute Gasteiger partial charge is 0.0991 e. The van der Waals surface area contributed by atoms with Crippen molar-refractivity contribution in [2.75, 3.05) is 6.54 Å². The minimum atomic E-state index is 0.912. The van der Waals surface area contributed by atoms with Gasteiger partial charge in [-0.1, -0.05) is 18.2 Å². The summed E-state index contributed by atoms with van der Waals surface area (Å²) in [5, 5.41) is 5.61. The van der Waals surface area contributed by atoms with Crippen LogP contribution in [0.25, 0.3) is 5.69 Å². The first-order valence-electron chi connectivity index (χ1n) is 6.72. The zero-order valence-corrected chi connectivity index (χ0v) is 12.0. The minimum Gasteiger partial charge on any atom is -0.312 e. The lowest BCUT2D eigenvalue weighted by Gasteiger charge is -2.06. The van der Waals surface area contributed by atoms with Crippen LogP contribution in [0.1, 0.15) is 10.4 Å². The zero-order chi connectivity index (χ0) is 13.6. The highest BCUT2D eigenvalue weighted by molar-refractivity contribution is 7.09. The molecule has 0 atom stereocenters. The van der Waals surface area contributed by atoms with Crippen molar-refractivity contribution in [3.05, 3.63) is 70.9 Å². The van der Waals surface area contributed by atoms with Crippen LogP contribution in [-0.2, 0) is 13.0 Å². The van der Waals surface area contributed by atoms with Crippen molar-refractivity contribution in [1.29, 1.82) is 0 Å². The molecule has 4 heteroatoms. The molecule has 2 heterocycles. The maximum absolute atomic E-state index is 4.06. The monoisotopic (exact) mass is 283 g/mol. The van der Waals surface area contributed by atoms with Crippen molar-refractivity contribution in [3.8, 4) is 5.69 Å². The van der Waals surface area contributed by atoms with E-state index in [1.54, 1.807) is 6.20 Å². The summed E-state index contributed by atoms with van der Waals surface area (Å²) in [6.45, 7) is 1.93. The summed E-state index contributed by atoms with van der Waals surface area (Å²) in [6.07, 6.45) is 6.66. The van der Waals surface area contributed by atoms with Gasteiger partial charge in [0.05, 0.1) is 6.33 Å². The third kappa shape index (κ3) is 3.35. The highest BCUT2D eigenvalue weighted by Gasteiger charge is 1.97. The van der Waals surface area contributed by atoms with E-state index in [4.69, 9.17) is 0 Å². The average Bonchev–Trinajstić information content (AvgIpc) is 3.17. The Balaban J connectivity index is 1.48. The van der Waals surface area contributed by atoms with E-state index in [0.29, 0.717) is 0 Å². The van der Waals surface area contributed by atoms with Gasteiger partial charge in [0.1, 0.15) is 0 Å². The first-order chi connectivity index (χ1) is 9.92. The molecule has 0 radical (unpaired) electrons. The second kappa shape index (κ2) is 6.50. The molecule has 1 aromatic carbocycles. The molecule has 0 fully saturated rings. The van der Waals surface area contributed by atoms with Crippen molar-refractivity contribution in [1.82, 2.24) is 14.9 Å². The van der Waals surface area contributed by atoms with E-state index in [1.807, 2.05) is 28.4 Å². The van der Waals surface area contributed by atoms with Crippen LogP contribution >= 0.6 is 11.3 Å². The SMILES string of the molecule is c1csc(CCNCc2ccc(-n3ccnc3)cc2)c1. The Labute approximate surface area is 122 Å². The maximum Gasteiger partial charge on any atom is 0.0991 e. The summed E-state index contributed by atoms with van der Waals surface area (Å²) in [4.78, 5) is 5.50. The Morgan fingerprint density at radius 1 is 1.15 bits per heavy atom. The van der Waals surface area contributed by atoms with Crippen molar-refractivity contribution in [2.45, 2.75) is 13.0 Å². The second-order valence-electron chi connectivity index (χ2n) is 4.64. The van der Waals surface area contributed by atoms with Gasteiger partial charge in [0, 0.05) is 36.0 Å². The van der Waals surface area contributed by atoms with Crippen LogP contribution in [0.2, 0.25) is 0 Å². The molecule has 0 aliphatic heterocycles. The van der Waals surface area contributed by atoms with Gasteiger partial charge in [-0.25, -0.2) is 4.98 Å². The van der Waals surface area contributed by atoms with Crippen LogP contribution in [0.4, 0.5) is 0 Å². The van der Waals surface area contributed by atoms with E-state index >= 15 is 0 Å². The highest BCUT2D eigenvalue weighted by Crippen LogP contribution is 2.10. The molecule has 0 saturated heterocycles. The molecule has 2 aromatic heterocycles. The fourth-order valence-corrected chi connectivity index (χ4v) is 2.81. The van der Waals surface area contributed by atoms with Gasteiger partial charge in [-0.3, -0.25) is 0 Å². The Bertz CT molecular complexity index is 612. The van der Waals surface area contributed by atoms with E-state index in [2.05, 4.69) is 52.1 Å². The molecule has 0 aliphatic carbocycles. The van der Waals surface area contributed by atoms with Crippen molar-refractivity contribution < 1.29 is 0 Å². The molecule has 0 unspecified atom stereocenters. The maximum atomic E-state index is 4.06. The Hall–Kier alpha value is -1.91. The molecule has 0 aliphatic rings. The molecule has 0 spiro atoms. The highest BCUT2D eigenvalue weighted by atomic mass is 32.1. The normalized spacial score (nSPS) is 10.8. The predicted octanol–water partition coefficient (Wildman–Crippen LogP) is 3.27. The number of hydrogen-bond acceptors (Lipinski definition) is 3. The topological polar surface area (TPSA) is 29.9 Å². The molecular weight excluding hydrogens is 266 g/mol. The minimum absolute atomic E-state index is 0.912. The molecule has 102 valence electrons. The van der Waals surface area contributed by atoms with Gasteiger partial charge in [0.2, 0.25) is 0 Å². The van der Waals surface area contributed by atoms with Crippen LogP contribution in [-0.4, -0.2) is 16.1 Å². The Morgan fingerprint density at radius 3 is 2.75 bits per heavy atom. The Morgan fingerprint density at radius 2 is 2.05 bits per heavy atom. The number of benzene rings is 1. The number of nitrogens with zero attached hydrogens (tertiary/aromatic N) is 2.